The van der Waals surface area contributed by atoms with Crippen LogP contribution in [0, 0.1) is 0 Å². The predicted molar refractivity (Wildman–Crippen MR) is 91.2 cm³/mol. The first kappa shape index (κ1) is 17.0. The first-order valence-electron chi connectivity index (χ1n) is 6.86. The lowest BCUT2D eigenvalue weighted by Gasteiger charge is -2.12. The normalized spacial score (nSPS) is 10.6. The monoisotopic (exact) mass is 331 g/mol. The van der Waals surface area contributed by atoms with Crippen LogP contribution in [-0.2, 0) is 4.74 Å². The number of ether oxygens (including phenoxy) is 1. The Kier molecular flexibility index (Phi) is 5.01. The molecule has 0 atom stereocenters. The van der Waals surface area contributed by atoms with E-state index in [0.717, 1.165) is 10.9 Å². The Morgan fingerprint density at radius 2 is 2.00 bits per heavy atom. The van der Waals surface area contributed by atoms with E-state index in [2.05, 4.69) is 9.97 Å². The summed E-state index contributed by atoms with van der Waals surface area (Å²) >= 11 is 5.91. The summed E-state index contributed by atoms with van der Waals surface area (Å²) in [5.74, 6) is -0.0636. The van der Waals surface area contributed by atoms with Gasteiger partial charge < -0.3 is 9.30 Å². The maximum atomic E-state index is 12.3. The van der Waals surface area contributed by atoms with Gasteiger partial charge in [-0.15, -0.1) is 0 Å². The van der Waals surface area contributed by atoms with Crippen molar-refractivity contribution in [1.29, 1.82) is 0 Å². The molecule has 0 radical (unpaired) electrons. The van der Waals surface area contributed by atoms with Gasteiger partial charge in [-0.05, 0) is 43.0 Å². The fraction of sp³-hybridized carbons (Fsp3) is 0.235. The van der Waals surface area contributed by atoms with Crippen molar-refractivity contribution >= 4 is 28.5 Å². The van der Waals surface area contributed by atoms with E-state index in [0.29, 0.717) is 5.82 Å². The van der Waals surface area contributed by atoms with Crippen molar-refractivity contribution in [3.63, 3.8) is 0 Å². The summed E-state index contributed by atoms with van der Waals surface area (Å²) in [6.07, 6.45) is 3.01. The third-order valence-electron chi connectivity index (χ3n) is 3.13. The summed E-state index contributed by atoms with van der Waals surface area (Å²) in [6.45, 7) is 3.58. The topological polar surface area (TPSA) is 57.0 Å². The van der Waals surface area contributed by atoms with Gasteiger partial charge in [-0.3, -0.25) is 0 Å². The Balaban J connectivity index is 0.00000192. The number of esters is 1. The molecule has 0 saturated heterocycles. The van der Waals surface area contributed by atoms with Crippen LogP contribution in [0.15, 0.2) is 42.7 Å². The highest BCUT2D eigenvalue weighted by Gasteiger charge is 2.19. The van der Waals surface area contributed by atoms with Gasteiger partial charge in [0.2, 0.25) is 5.28 Å². The largest absolute Gasteiger partial charge is 0.459 e. The summed E-state index contributed by atoms with van der Waals surface area (Å²) in [5, 5.41) is 1.12. The van der Waals surface area contributed by atoms with E-state index in [4.69, 9.17) is 16.3 Å². The third kappa shape index (κ3) is 3.35. The molecule has 0 amide bonds. The Morgan fingerprint density at radius 3 is 2.74 bits per heavy atom. The number of nitrogens with zero attached hydrogens (tertiary/aromatic N) is 3. The Hall–Kier alpha value is -2.40. The molecule has 0 fully saturated rings. The number of hydrogen-bond acceptors (Lipinski definition) is 4. The van der Waals surface area contributed by atoms with E-state index in [1.165, 1.54) is 6.20 Å². The summed E-state index contributed by atoms with van der Waals surface area (Å²) in [6, 6.07) is 9.76. The molecule has 1 aromatic carbocycles. The number of benzene rings is 1. The fourth-order valence-electron chi connectivity index (χ4n) is 2.22. The highest BCUT2D eigenvalue weighted by Crippen LogP contribution is 2.22. The van der Waals surface area contributed by atoms with Gasteiger partial charge in [0.15, 0.2) is 5.82 Å². The molecular formula is C17H18ClN3O2. The minimum atomic E-state index is -0.473. The lowest BCUT2D eigenvalue weighted by Crippen LogP contribution is -2.15. The van der Waals surface area contributed by atoms with E-state index in [9.17, 15) is 4.79 Å². The van der Waals surface area contributed by atoms with E-state index in [1.54, 1.807) is 18.4 Å². The van der Waals surface area contributed by atoms with Crippen LogP contribution in [0.5, 0.6) is 0 Å². The number of carbonyl (C=O) groups excluding carboxylic acids is 1. The van der Waals surface area contributed by atoms with Gasteiger partial charge in [0.25, 0.3) is 0 Å². The van der Waals surface area contributed by atoms with Crippen LogP contribution < -0.4 is 0 Å². The van der Waals surface area contributed by atoms with Crippen LogP contribution in [0.4, 0.5) is 0 Å². The molecule has 3 aromatic rings. The van der Waals surface area contributed by atoms with E-state index in [-0.39, 0.29) is 24.4 Å². The number of carbonyl (C=O) groups is 1. The molecule has 23 heavy (non-hydrogen) atoms. The summed E-state index contributed by atoms with van der Waals surface area (Å²) in [4.78, 5) is 20.4. The molecule has 0 aliphatic rings. The number of para-hydroxylation sites is 1. The zero-order valence-corrected chi connectivity index (χ0v) is 12.9. The second-order valence-electron chi connectivity index (χ2n) is 5.07. The van der Waals surface area contributed by atoms with Gasteiger partial charge in [0.1, 0.15) is 5.56 Å². The van der Waals surface area contributed by atoms with Crippen LogP contribution in [0.2, 0.25) is 5.28 Å². The molecule has 120 valence electrons. The van der Waals surface area contributed by atoms with Crippen molar-refractivity contribution in [3.8, 4) is 5.82 Å². The molecule has 0 spiro atoms. The molecule has 5 nitrogen and oxygen atoms in total. The lowest BCUT2D eigenvalue weighted by atomic mass is 10.2. The predicted octanol–water partition coefficient (Wildman–Crippen LogP) is 4.28. The summed E-state index contributed by atoms with van der Waals surface area (Å²) < 4.78 is 7.06. The number of hydrogen-bond donors (Lipinski definition) is 0. The lowest BCUT2D eigenvalue weighted by molar-refractivity contribution is 0.0377. The zero-order chi connectivity index (χ0) is 15.7. The average Bonchev–Trinajstić information content (AvgIpc) is 2.90. The van der Waals surface area contributed by atoms with Gasteiger partial charge >= 0.3 is 5.97 Å². The maximum absolute atomic E-state index is 12.3. The fourth-order valence-corrected chi connectivity index (χ4v) is 2.35. The van der Waals surface area contributed by atoms with Crippen molar-refractivity contribution in [3.05, 3.63) is 53.6 Å². The molecule has 0 aliphatic carbocycles. The van der Waals surface area contributed by atoms with E-state index < -0.39 is 5.97 Å². The first-order chi connectivity index (χ1) is 10.6. The van der Waals surface area contributed by atoms with Crippen molar-refractivity contribution in [2.75, 3.05) is 0 Å². The summed E-state index contributed by atoms with van der Waals surface area (Å²) in [7, 11) is 0. The zero-order valence-electron chi connectivity index (χ0n) is 12.2. The molecule has 0 aliphatic heterocycles. The second-order valence-corrected chi connectivity index (χ2v) is 5.41. The number of halogens is 1. The van der Waals surface area contributed by atoms with Crippen LogP contribution in [0.1, 0.15) is 31.6 Å². The molecule has 0 bridgehead atoms. The Labute approximate surface area is 139 Å². The van der Waals surface area contributed by atoms with Crippen LogP contribution >= 0.6 is 11.6 Å². The van der Waals surface area contributed by atoms with Crippen molar-refractivity contribution in [1.82, 2.24) is 14.5 Å². The maximum Gasteiger partial charge on any atom is 0.343 e. The number of rotatable bonds is 3. The molecule has 2 heterocycles. The third-order valence-corrected chi connectivity index (χ3v) is 3.31. The first-order valence-corrected chi connectivity index (χ1v) is 7.24. The highest BCUT2D eigenvalue weighted by atomic mass is 35.5. The minimum absolute atomic E-state index is 0. The number of fused-ring (bicyclic) bond motifs is 1. The molecule has 0 N–H and O–H groups in total. The van der Waals surface area contributed by atoms with Gasteiger partial charge in [-0.25, -0.2) is 9.78 Å². The molecule has 0 saturated carbocycles. The summed E-state index contributed by atoms with van der Waals surface area (Å²) in [5.41, 5.74) is 1.20. The smallest absolute Gasteiger partial charge is 0.343 e. The van der Waals surface area contributed by atoms with Crippen molar-refractivity contribution < 1.29 is 9.53 Å². The second kappa shape index (κ2) is 6.79. The molecule has 6 heteroatoms. The minimum Gasteiger partial charge on any atom is -0.459 e. The van der Waals surface area contributed by atoms with Crippen molar-refractivity contribution in [2.24, 2.45) is 0 Å². The van der Waals surface area contributed by atoms with Crippen LogP contribution in [0.25, 0.3) is 16.7 Å². The van der Waals surface area contributed by atoms with Crippen LogP contribution in [0.3, 0.4) is 0 Å². The molecule has 2 aromatic heterocycles. The average molecular weight is 332 g/mol. The van der Waals surface area contributed by atoms with Crippen molar-refractivity contribution in [2.45, 2.75) is 27.4 Å². The van der Waals surface area contributed by atoms with Gasteiger partial charge in [0, 0.05) is 12.4 Å². The van der Waals surface area contributed by atoms with E-state index in [1.807, 2.05) is 36.5 Å². The van der Waals surface area contributed by atoms with Gasteiger partial charge in [-0.2, -0.15) is 4.98 Å². The standard InChI is InChI=1S/C16H14ClN3O2.CH4/c1-10(2)22-15(21)12-9-18-16(17)19-14(12)20-8-7-11-5-3-4-6-13(11)20;/h3-10H,1-2H3;1H4. The Morgan fingerprint density at radius 1 is 1.26 bits per heavy atom. The highest BCUT2D eigenvalue weighted by molar-refractivity contribution is 6.28. The van der Waals surface area contributed by atoms with Crippen LogP contribution in [-0.4, -0.2) is 26.6 Å². The van der Waals surface area contributed by atoms with Gasteiger partial charge in [-0.1, -0.05) is 25.6 Å². The number of aromatic nitrogens is 3. The van der Waals surface area contributed by atoms with E-state index >= 15 is 0 Å². The quantitative estimate of drug-likeness (QED) is 0.531. The molecule has 0 unspecified atom stereocenters. The molecular weight excluding hydrogens is 314 g/mol. The Bertz CT molecular complexity index is 843. The molecule has 3 rings (SSSR count). The SMILES string of the molecule is C.CC(C)OC(=O)c1cnc(Cl)nc1-n1ccc2ccccc21. The van der Waals surface area contributed by atoms with Gasteiger partial charge in [0.05, 0.1) is 11.6 Å².